The lowest BCUT2D eigenvalue weighted by Gasteiger charge is -2.14. The Morgan fingerprint density at radius 1 is 1.08 bits per heavy atom. The number of anilines is 1. The molecule has 132 valence electrons. The Labute approximate surface area is 152 Å². The second kappa shape index (κ2) is 7.44. The van der Waals surface area contributed by atoms with E-state index in [4.69, 9.17) is 0 Å². The summed E-state index contributed by atoms with van der Waals surface area (Å²) in [6.07, 6.45) is 0.507. The lowest BCUT2D eigenvalue weighted by molar-refractivity contribution is -0.128. The number of carbonyl (C=O) groups is 3. The van der Waals surface area contributed by atoms with Crippen molar-refractivity contribution in [3.63, 3.8) is 0 Å². The van der Waals surface area contributed by atoms with Gasteiger partial charge in [-0.3, -0.25) is 14.4 Å². The number of amides is 1. The number of benzene rings is 2. The maximum absolute atomic E-state index is 12.7. The van der Waals surface area contributed by atoms with E-state index in [0.29, 0.717) is 23.4 Å². The van der Waals surface area contributed by atoms with Crippen LogP contribution in [0.1, 0.15) is 36.2 Å². The number of nitrogens with zero attached hydrogens (tertiary/aromatic N) is 2. The molecule has 0 radical (unpaired) electrons. The molecule has 0 aromatic heterocycles. The van der Waals surface area contributed by atoms with Crippen LogP contribution >= 0.6 is 0 Å². The van der Waals surface area contributed by atoms with Crippen LogP contribution in [0.2, 0.25) is 0 Å². The number of hydrogen-bond acceptors (Lipinski definition) is 4. The number of hydrogen-bond donors (Lipinski definition) is 0. The second-order valence-corrected chi connectivity index (χ2v) is 6.28. The van der Waals surface area contributed by atoms with Gasteiger partial charge in [0.15, 0.2) is 11.6 Å². The Morgan fingerprint density at radius 2 is 1.81 bits per heavy atom. The molecule has 0 spiro atoms. The predicted molar refractivity (Wildman–Crippen MR) is 100 cm³/mol. The zero-order valence-corrected chi connectivity index (χ0v) is 14.8. The largest absolute Gasteiger partial charge is 0.298 e. The molecule has 0 fully saturated rings. The number of Topliss-reactive ketones (excluding diaryl/α,β-unsaturated/α-hetero) is 2. The molecule has 1 atom stereocenters. The second-order valence-electron chi connectivity index (χ2n) is 6.28. The number of rotatable bonds is 6. The highest BCUT2D eigenvalue weighted by atomic mass is 16.2. The van der Waals surface area contributed by atoms with E-state index in [-0.39, 0.29) is 23.9 Å². The quantitative estimate of drug-likeness (QED) is 0.593. The molecule has 3 rings (SSSR count). The molecule has 1 amide bonds. The first-order chi connectivity index (χ1) is 12.5. The molecule has 1 aliphatic heterocycles. The maximum atomic E-state index is 12.7. The molecule has 5 nitrogen and oxygen atoms in total. The van der Waals surface area contributed by atoms with E-state index in [1.807, 2.05) is 18.2 Å². The first-order valence-electron chi connectivity index (χ1n) is 8.60. The van der Waals surface area contributed by atoms with Crippen LogP contribution in [0.5, 0.6) is 0 Å². The van der Waals surface area contributed by atoms with Gasteiger partial charge in [0.2, 0.25) is 0 Å². The predicted octanol–water partition coefficient (Wildman–Crippen LogP) is 3.43. The van der Waals surface area contributed by atoms with Crippen LogP contribution in [-0.4, -0.2) is 23.2 Å². The van der Waals surface area contributed by atoms with E-state index < -0.39 is 5.92 Å². The van der Waals surface area contributed by atoms with Gasteiger partial charge in [-0.05, 0) is 30.7 Å². The Balaban J connectivity index is 1.78. The van der Waals surface area contributed by atoms with Crippen LogP contribution in [-0.2, 0) is 16.0 Å². The Morgan fingerprint density at radius 3 is 2.50 bits per heavy atom. The molecule has 0 saturated heterocycles. The fourth-order valence-electron chi connectivity index (χ4n) is 3.05. The van der Waals surface area contributed by atoms with E-state index >= 15 is 0 Å². The van der Waals surface area contributed by atoms with Gasteiger partial charge in [0.25, 0.3) is 5.91 Å². The van der Waals surface area contributed by atoms with Crippen molar-refractivity contribution in [1.29, 1.82) is 0 Å². The summed E-state index contributed by atoms with van der Waals surface area (Å²) >= 11 is 0. The van der Waals surface area contributed by atoms with Gasteiger partial charge < -0.3 is 0 Å². The SMILES string of the molecule is CCC(=O)c1cccc(CC(=O)C2C(=O)N(c3ccccc3)N=C2C)c1. The van der Waals surface area contributed by atoms with Crippen LogP contribution in [0.3, 0.4) is 0 Å². The fourth-order valence-corrected chi connectivity index (χ4v) is 3.05. The van der Waals surface area contributed by atoms with Crippen LogP contribution in [0.4, 0.5) is 5.69 Å². The van der Waals surface area contributed by atoms with Gasteiger partial charge >= 0.3 is 0 Å². The topological polar surface area (TPSA) is 66.8 Å². The van der Waals surface area contributed by atoms with Crippen molar-refractivity contribution in [2.75, 3.05) is 5.01 Å². The zero-order chi connectivity index (χ0) is 18.7. The summed E-state index contributed by atoms with van der Waals surface area (Å²) in [5, 5.41) is 5.56. The summed E-state index contributed by atoms with van der Waals surface area (Å²) in [6.45, 7) is 3.50. The minimum Gasteiger partial charge on any atom is -0.298 e. The van der Waals surface area contributed by atoms with E-state index in [2.05, 4.69) is 5.10 Å². The molecule has 1 aliphatic rings. The molecule has 0 N–H and O–H groups in total. The van der Waals surface area contributed by atoms with Crippen LogP contribution < -0.4 is 5.01 Å². The smallest absolute Gasteiger partial charge is 0.263 e. The minimum atomic E-state index is -0.874. The monoisotopic (exact) mass is 348 g/mol. The number of para-hydroxylation sites is 1. The average molecular weight is 348 g/mol. The summed E-state index contributed by atoms with van der Waals surface area (Å²) in [6, 6.07) is 16.1. The highest BCUT2D eigenvalue weighted by molar-refractivity contribution is 6.27. The highest BCUT2D eigenvalue weighted by Gasteiger charge is 2.39. The van der Waals surface area contributed by atoms with Crippen LogP contribution in [0.25, 0.3) is 0 Å². The van der Waals surface area contributed by atoms with Crippen molar-refractivity contribution >= 4 is 28.9 Å². The maximum Gasteiger partial charge on any atom is 0.263 e. The van der Waals surface area contributed by atoms with E-state index in [0.717, 1.165) is 5.56 Å². The van der Waals surface area contributed by atoms with Gasteiger partial charge in [-0.25, -0.2) is 0 Å². The average Bonchev–Trinajstić information content (AvgIpc) is 2.96. The van der Waals surface area contributed by atoms with Crippen LogP contribution in [0, 0.1) is 5.92 Å². The molecule has 1 heterocycles. The molecule has 5 heteroatoms. The van der Waals surface area contributed by atoms with Crippen molar-refractivity contribution in [3.8, 4) is 0 Å². The standard InChI is InChI=1S/C21H20N2O3/c1-3-18(24)16-9-7-8-15(12-16)13-19(25)20-14(2)22-23(21(20)26)17-10-5-4-6-11-17/h4-12,20H,3,13H2,1-2H3. The minimum absolute atomic E-state index is 0.0317. The third-order valence-electron chi connectivity index (χ3n) is 4.40. The summed E-state index contributed by atoms with van der Waals surface area (Å²) in [5.41, 5.74) is 2.45. The third kappa shape index (κ3) is 3.47. The summed E-state index contributed by atoms with van der Waals surface area (Å²) in [4.78, 5) is 37.3. The summed E-state index contributed by atoms with van der Waals surface area (Å²) < 4.78 is 0. The fraction of sp³-hybridized carbons (Fsp3) is 0.238. The van der Waals surface area contributed by atoms with Crippen LogP contribution in [0.15, 0.2) is 59.7 Å². The van der Waals surface area contributed by atoms with Gasteiger partial charge in [-0.15, -0.1) is 0 Å². The Bertz CT molecular complexity index is 887. The first kappa shape index (κ1) is 17.7. The molecular weight excluding hydrogens is 328 g/mol. The Kier molecular flexibility index (Phi) is 5.07. The number of ketones is 2. The van der Waals surface area contributed by atoms with Gasteiger partial charge in [-0.2, -0.15) is 10.1 Å². The van der Waals surface area contributed by atoms with E-state index in [1.165, 1.54) is 5.01 Å². The van der Waals surface area contributed by atoms with Crippen molar-refractivity contribution in [1.82, 2.24) is 0 Å². The van der Waals surface area contributed by atoms with Gasteiger partial charge in [0.05, 0.1) is 11.4 Å². The third-order valence-corrected chi connectivity index (χ3v) is 4.40. The number of hydrazone groups is 1. The number of carbonyl (C=O) groups excluding carboxylic acids is 3. The molecule has 2 aromatic carbocycles. The molecule has 2 aromatic rings. The van der Waals surface area contributed by atoms with Gasteiger partial charge in [-0.1, -0.05) is 43.3 Å². The molecule has 0 bridgehead atoms. The van der Waals surface area contributed by atoms with Gasteiger partial charge in [0, 0.05) is 18.4 Å². The van der Waals surface area contributed by atoms with Crippen molar-refractivity contribution < 1.29 is 14.4 Å². The summed E-state index contributed by atoms with van der Waals surface area (Å²) in [5.74, 6) is -1.39. The zero-order valence-electron chi connectivity index (χ0n) is 14.8. The highest BCUT2D eigenvalue weighted by Crippen LogP contribution is 2.25. The van der Waals surface area contributed by atoms with Crippen molar-refractivity contribution in [2.45, 2.75) is 26.7 Å². The molecule has 0 saturated carbocycles. The van der Waals surface area contributed by atoms with Crippen molar-refractivity contribution in [3.05, 3.63) is 65.7 Å². The lowest BCUT2D eigenvalue weighted by atomic mass is 9.93. The molecular formula is C21H20N2O3. The van der Waals surface area contributed by atoms with E-state index in [9.17, 15) is 14.4 Å². The first-order valence-corrected chi connectivity index (χ1v) is 8.60. The van der Waals surface area contributed by atoms with Crippen molar-refractivity contribution in [2.24, 2.45) is 11.0 Å². The summed E-state index contributed by atoms with van der Waals surface area (Å²) in [7, 11) is 0. The van der Waals surface area contributed by atoms with E-state index in [1.54, 1.807) is 50.2 Å². The van der Waals surface area contributed by atoms with Gasteiger partial charge in [0.1, 0.15) is 5.92 Å². The molecule has 0 aliphatic carbocycles. The lowest BCUT2D eigenvalue weighted by Crippen LogP contribution is -2.33. The Hall–Kier alpha value is -3.08. The normalized spacial score (nSPS) is 16.5. The molecule has 26 heavy (non-hydrogen) atoms. The molecule has 1 unspecified atom stereocenters.